The first-order valence-electron chi connectivity index (χ1n) is 11.1. The second kappa shape index (κ2) is 10.8. The molecule has 0 fully saturated rings. The van der Waals surface area contributed by atoms with E-state index in [2.05, 4.69) is 10.6 Å². The first kappa shape index (κ1) is 27.5. The molecule has 0 aliphatic heterocycles. The van der Waals surface area contributed by atoms with E-state index in [1.54, 1.807) is 27.8 Å². The summed E-state index contributed by atoms with van der Waals surface area (Å²) in [5.41, 5.74) is 0.554. The molecule has 180 valence electrons. The number of alkyl carbamates (subject to hydrolysis) is 1. The average molecular weight is 448 g/mol. The van der Waals surface area contributed by atoms with Gasteiger partial charge in [0.1, 0.15) is 17.7 Å². The van der Waals surface area contributed by atoms with Gasteiger partial charge < -0.3 is 20.3 Å². The summed E-state index contributed by atoms with van der Waals surface area (Å²) in [6.45, 7) is 16.9. The Morgan fingerprint density at radius 2 is 1.66 bits per heavy atom. The van der Waals surface area contributed by atoms with E-state index in [0.717, 1.165) is 5.56 Å². The van der Waals surface area contributed by atoms with E-state index in [1.807, 2.05) is 65.8 Å². The van der Waals surface area contributed by atoms with Crippen LogP contribution in [-0.4, -0.2) is 47.0 Å². The summed E-state index contributed by atoms with van der Waals surface area (Å²) in [5, 5.41) is 5.69. The number of hydrogen-bond acceptors (Lipinski definition) is 4. The number of aryl methyl sites for hydroxylation is 1. The molecule has 0 heterocycles. The second-order valence-corrected chi connectivity index (χ2v) is 10.8. The SMILES string of the molecule is Cc1cccc(C(C(=O)NC(C)(C)C)N(C)C(=O)C(CC(C)C)NC(=O)OC(C)(C)C)c1. The van der Waals surface area contributed by atoms with Gasteiger partial charge in [-0.2, -0.15) is 0 Å². The van der Waals surface area contributed by atoms with Crippen LogP contribution in [0.3, 0.4) is 0 Å². The Morgan fingerprint density at radius 3 is 2.12 bits per heavy atom. The molecule has 0 aliphatic carbocycles. The highest BCUT2D eigenvalue weighted by atomic mass is 16.6. The lowest BCUT2D eigenvalue weighted by Crippen LogP contribution is -2.53. The standard InChI is InChI=1S/C25H41N3O4/c1-16(2)14-19(26-23(31)32-25(7,8)9)22(30)28(10)20(21(29)27-24(4,5)6)18-13-11-12-17(3)15-18/h11-13,15-16,19-20H,14H2,1-10H3,(H,26,31)(H,27,29). The molecular weight excluding hydrogens is 406 g/mol. The minimum absolute atomic E-state index is 0.146. The maximum absolute atomic E-state index is 13.5. The number of nitrogens with zero attached hydrogens (tertiary/aromatic N) is 1. The lowest BCUT2D eigenvalue weighted by molar-refractivity contribution is -0.141. The van der Waals surface area contributed by atoms with Crippen molar-refractivity contribution in [2.45, 2.75) is 92.0 Å². The maximum atomic E-state index is 13.5. The third-order valence-corrected chi connectivity index (χ3v) is 4.54. The normalized spacial score (nSPS) is 13.8. The van der Waals surface area contributed by atoms with Gasteiger partial charge in [0.2, 0.25) is 11.8 Å². The van der Waals surface area contributed by atoms with Crippen molar-refractivity contribution in [2.24, 2.45) is 5.92 Å². The molecule has 2 N–H and O–H groups in total. The van der Waals surface area contributed by atoms with E-state index in [-0.39, 0.29) is 17.7 Å². The summed E-state index contributed by atoms with van der Waals surface area (Å²) >= 11 is 0. The highest BCUT2D eigenvalue weighted by molar-refractivity contribution is 5.92. The van der Waals surface area contributed by atoms with Gasteiger partial charge in [0.05, 0.1) is 0 Å². The fraction of sp³-hybridized carbons (Fsp3) is 0.640. The average Bonchev–Trinajstić information content (AvgIpc) is 2.57. The summed E-state index contributed by atoms with van der Waals surface area (Å²) in [6, 6.07) is 5.89. The molecule has 0 aromatic heterocycles. The maximum Gasteiger partial charge on any atom is 0.408 e. The number of ether oxygens (including phenoxy) is 1. The van der Waals surface area contributed by atoms with Crippen LogP contribution in [-0.2, 0) is 14.3 Å². The van der Waals surface area contributed by atoms with Gasteiger partial charge in [-0.1, -0.05) is 43.7 Å². The van der Waals surface area contributed by atoms with Gasteiger partial charge in [-0.3, -0.25) is 9.59 Å². The Balaban J connectivity index is 3.27. The fourth-order valence-corrected chi connectivity index (χ4v) is 3.34. The summed E-state index contributed by atoms with van der Waals surface area (Å²) in [5.74, 6) is -0.479. The molecule has 0 radical (unpaired) electrons. The highest BCUT2D eigenvalue weighted by Crippen LogP contribution is 2.24. The van der Waals surface area contributed by atoms with Crippen LogP contribution in [0.25, 0.3) is 0 Å². The number of carbonyl (C=O) groups excluding carboxylic acids is 3. The fourth-order valence-electron chi connectivity index (χ4n) is 3.34. The molecule has 32 heavy (non-hydrogen) atoms. The van der Waals surface area contributed by atoms with Gasteiger partial charge in [-0.05, 0) is 66.4 Å². The molecular formula is C25H41N3O4. The molecule has 0 bridgehead atoms. The highest BCUT2D eigenvalue weighted by Gasteiger charge is 2.35. The topological polar surface area (TPSA) is 87.7 Å². The van der Waals surface area contributed by atoms with Gasteiger partial charge in [0, 0.05) is 12.6 Å². The van der Waals surface area contributed by atoms with E-state index < -0.39 is 29.3 Å². The number of benzene rings is 1. The summed E-state index contributed by atoms with van der Waals surface area (Å²) in [7, 11) is 1.60. The monoisotopic (exact) mass is 447 g/mol. The van der Waals surface area contributed by atoms with Crippen molar-refractivity contribution in [3.05, 3.63) is 35.4 Å². The molecule has 0 aliphatic rings. The first-order chi connectivity index (χ1) is 14.5. The molecule has 0 spiro atoms. The minimum atomic E-state index is -0.836. The van der Waals surface area contributed by atoms with Crippen molar-refractivity contribution in [2.75, 3.05) is 7.05 Å². The molecule has 2 atom stereocenters. The van der Waals surface area contributed by atoms with Crippen LogP contribution in [0.5, 0.6) is 0 Å². The van der Waals surface area contributed by atoms with Gasteiger partial charge >= 0.3 is 6.09 Å². The van der Waals surface area contributed by atoms with Crippen LogP contribution in [0.15, 0.2) is 24.3 Å². The Labute approximate surface area is 193 Å². The van der Waals surface area contributed by atoms with Crippen molar-refractivity contribution >= 4 is 17.9 Å². The number of carbonyl (C=O) groups is 3. The van der Waals surface area contributed by atoms with Crippen LogP contribution >= 0.6 is 0 Å². The largest absolute Gasteiger partial charge is 0.444 e. The van der Waals surface area contributed by atoms with Crippen LogP contribution in [0.1, 0.15) is 79.0 Å². The van der Waals surface area contributed by atoms with E-state index in [9.17, 15) is 14.4 Å². The number of amides is 3. The zero-order chi connectivity index (χ0) is 24.9. The summed E-state index contributed by atoms with van der Waals surface area (Å²) in [6.07, 6.45) is -0.236. The molecule has 0 saturated heterocycles. The summed E-state index contributed by atoms with van der Waals surface area (Å²) in [4.78, 5) is 40.6. The zero-order valence-corrected chi connectivity index (χ0v) is 21.3. The predicted molar refractivity (Wildman–Crippen MR) is 127 cm³/mol. The molecule has 7 heteroatoms. The third kappa shape index (κ3) is 9.28. The van der Waals surface area contributed by atoms with Crippen LogP contribution in [0.2, 0.25) is 0 Å². The zero-order valence-electron chi connectivity index (χ0n) is 21.3. The molecule has 0 saturated carbocycles. The van der Waals surface area contributed by atoms with Gasteiger partial charge in [-0.25, -0.2) is 4.79 Å². The van der Waals surface area contributed by atoms with Crippen molar-refractivity contribution in [1.82, 2.24) is 15.5 Å². The quantitative estimate of drug-likeness (QED) is 0.650. The van der Waals surface area contributed by atoms with E-state index >= 15 is 0 Å². The molecule has 3 amide bonds. The number of hydrogen-bond donors (Lipinski definition) is 2. The predicted octanol–water partition coefficient (Wildman–Crippen LogP) is 4.35. The van der Waals surface area contributed by atoms with E-state index in [1.165, 1.54) is 4.90 Å². The van der Waals surface area contributed by atoms with Crippen LogP contribution < -0.4 is 10.6 Å². The van der Waals surface area contributed by atoms with Gasteiger partial charge in [0.25, 0.3) is 0 Å². The Hall–Kier alpha value is -2.57. The lowest BCUT2D eigenvalue weighted by atomic mass is 9.98. The lowest BCUT2D eigenvalue weighted by Gasteiger charge is -2.34. The molecule has 2 unspecified atom stereocenters. The smallest absolute Gasteiger partial charge is 0.408 e. The number of rotatable bonds is 7. The Morgan fingerprint density at radius 1 is 1.06 bits per heavy atom. The molecule has 7 nitrogen and oxygen atoms in total. The molecule has 1 aromatic carbocycles. The second-order valence-electron chi connectivity index (χ2n) is 10.8. The van der Waals surface area contributed by atoms with Gasteiger partial charge in [0.15, 0.2) is 0 Å². The molecule has 1 aromatic rings. The number of nitrogens with one attached hydrogen (secondary N) is 2. The van der Waals surface area contributed by atoms with E-state index in [4.69, 9.17) is 4.74 Å². The first-order valence-corrected chi connectivity index (χ1v) is 11.1. The van der Waals surface area contributed by atoms with Crippen molar-refractivity contribution in [3.63, 3.8) is 0 Å². The Bertz CT molecular complexity index is 806. The van der Waals surface area contributed by atoms with Crippen molar-refractivity contribution < 1.29 is 19.1 Å². The molecule has 1 rings (SSSR count). The summed E-state index contributed by atoms with van der Waals surface area (Å²) < 4.78 is 5.35. The van der Waals surface area contributed by atoms with Gasteiger partial charge in [-0.15, -0.1) is 0 Å². The third-order valence-electron chi connectivity index (χ3n) is 4.54. The van der Waals surface area contributed by atoms with E-state index in [0.29, 0.717) is 12.0 Å². The van der Waals surface area contributed by atoms with Crippen molar-refractivity contribution in [3.8, 4) is 0 Å². The number of likely N-dealkylation sites (N-methyl/N-ethyl adjacent to an activating group) is 1. The Kier molecular flexibility index (Phi) is 9.30. The van der Waals surface area contributed by atoms with Crippen LogP contribution in [0.4, 0.5) is 4.79 Å². The minimum Gasteiger partial charge on any atom is -0.444 e. The van der Waals surface area contributed by atoms with Crippen LogP contribution in [0, 0.1) is 12.8 Å². The van der Waals surface area contributed by atoms with Crippen molar-refractivity contribution in [1.29, 1.82) is 0 Å².